The first-order valence-electron chi connectivity index (χ1n) is 5.88. The molecule has 0 radical (unpaired) electrons. The van der Waals surface area contributed by atoms with Crippen molar-refractivity contribution in [2.24, 2.45) is 0 Å². The van der Waals surface area contributed by atoms with Gasteiger partial charge in [0.2, 0.25) is 0 Å². The zero-order valence-electron chi connectivity index (χ0n) is 11.0. The van der Waals surface area contributed by atoms with Gasteiger partial charge < -0.3 is 9.42 Å². The Labute approximate surface area is 115 Å². The fourth-order valence-electron chi connectivity index (χ4n) is 1.22. The highest BCUT2D eigenvalue weighted by Crippen LogP contribution is 2.41. The molecule has 122 valence electrons. The van der Waals surface area contributed by atoms with Crippen molar-refractivity contribution >= 4 is 7.60 Å². The summed E-state index contributed by atoms with van der Waals surface area (Å²) in [5.41, 5.74) is 0. The van der Waals surface area contributed by atoms with E-state index >= 15 is 0 Å². The monoisotopic (exact) mass is 320 g/mol. The first-order chi connectivity index (χ1) is 9.26. The quantitative estimate of drug-likeness (QED) is 0.197. The number of unbranched alkanes of at least 4 members (excludes halogenated alkanes) is 1. The van der Waals surface area contributed by atoms with Gasteiger partial charge in [0.25, 0.3) is 0 Å². The van der Waals surface area contributed by atoms with E-state index in [1.807, 2.05) is 0 Å². The lowest BCUT2D eigenvalue weighted by Crippen LogP contribution is -2.31. The van der Waals surface area contributed by atoms with E-state index in [2.05, 4.69) is 9.68 Å². The van der Waals surface area contributed by atoms with Crippen LogP contribution in [-0.4, -0.2) is 62.0 Å². The molecule has 5 N–H and O–H groups in total. The molecule has 0 fully saturated rings. The van der Waals surface area contributed by atoms with Crippen LogP contribution < -0.4 is 0 Å². The minimum atomic E-state index is -3.50. The van der Waals surface area contributed by atoms with E-state index in [1.54, 1.807) is 0 Å². The molecule has 0 heterocycles. The van der Waals surface area contributed by atoms with Crippen LogP contribution >= 0.6 is 7.60 Å². The highest BCUT2D eigenvalue weighted by atomic mass is 31.2. The molecule has 0 saturated heterocycles. The molecular formula is C8H21N2O9P. The molecule has 0 rings (SSSR count). The fourth-order valence-corrected chi connectivity index (χ4v) is 1.82. The number of hydrogen-bond donors (Lipinski definition) is 5. The van der Waals surface area contributed by atoms with Gasteiger partial charge in [-0.1, -0.05) is 6.92 Å². The molecule has 0 aromatic heterocycles. The minimum Gasteiger partial charge on any atom is -0.324 e. The Bertz CT molecular complexity index is 291. The molecule has 12 heteroatoms. The smallest absolute Gasteiger partial charge is 0.324 e. The minimum absolute atomic E-state index is 0.0272. The molecule has 0 bridgehead atoms. The van der Waals surface area contributed by atoms with Gasteiger partial charge in [-0.15, -0.1) is 0 Å². The maximum atomic E-state index is 11.2. The summed E-state index contributed by atoms with van der Waals surface area (Å²) >= 11 is 0. The van der Waals surface area contributed by atoms with Gasteiger partial charge in [0.05, 0.1) is 17.4 Å². The number of rotatable bonds is 12. The Morgan fingerprint density at radius 2 is 1.80 bits per heavy atom. The zero-order valence-corrected chi connectivity index (χ0v) is 11.9. The van der Waals surface area contributed by atoms with Gasteiger partial charge >= 0.3 is 7.60 Å². The SMILES string of the molecule is CCP(=O)(O)OCCCC[C@@H](CON(O)O)ON(O)O. The topological polar surface area (TPSA) is 152 Å². The number of nitrogens with zero attached hydrogens (tertiary/aromatic N) is 2. The Morgan fingerprint density at radius 1 is 1.15 bits per heavy atom. The highest BCUT2D eigenvalue weighted by molar-refractivity contribution is 7.52. The van der Waals surface area contributed by atoms with Gasteiger partial charge in [-0.25, -0.2) is 9.68 Å². The van der Waals surface area contributed by atoms with Crippen molar-refractivity contribution in [1.82, 2.24) is 10.8 Å². The second-order valence-corrected chi connectivity index (χ2v) is 5.98. The summed E-state index contributed by atoms with van der Waals surface area (Å²) in [6.07, 6.45) is 0.320. The predicted molar refractivity (Wildman–Crippen MR) is 61.8 cm³/mol. The first kappa shape index (κ1) is 19.8. The van der Waals surface area contributed by atoms with Crippen molar-refractivity contribution < 1.29 is 44.5 Å². The molecule has 0 aromatic rings. The maximum Gasteiger partial charge on any atom is 0.327 e. The third-order valence-corrected chi connectivity index (χ3v) is 3.62. The van der Waals surface area contributed by atoms with Gasteiger partial charge in [0.1, 0.15) is 12.7 Å². The third-order valence-electron chi connectivity index (χ3n) is 2.23. The maximum absolute atomic E-state index is 11.2. The molecule has 0 spiro atoms. The van der Waals surface area contributed by atoms with Gasteiger partial charge in [-0.05, 0) is 19.3 Å². The van der Waals surface area contributed by atoms with Crippen LogP contribution in [0.2, 0.25) is 0 Å². The molecule has 0 aliphatic rings. The molecule has 0 saturated carbocycles. The normalized spacial score (nSPS) is 16.6. The van der Waals surface area contributed by atoms with E-state index in [-0.39, 0.29) is 25.8 Å². The van der Waals surface area contributed by atoms with E-state index in [0.717, 1.165) is 0 Å². The molecule has 1 unspecified atom stereocenters. The first-order valence-corrected chi connectivity index (χ1v) is 7.65. The van der Waals surface area contributed by atoms with E-state index in [9.17, 15) is 4.57 Å². The lowest BCUT2D eigenvalue weighted by Gasteiger charge is -2.19. The van der Waals surface area contributed by atoms with Crippen molar-refractivity contribution in [3.63, 3.8) is 0 Å². The van der Waals surface area contributed by atoms with Crippen LogP contribution in [-0.2, 0) is 18.8 Å². The summed E-state index contributed by atoms with van der Waals surface area (Å²) < 4.78 is 15.9. The van der Waals surface area contributed by atoms with Crippen molar-refractivity contribution in [2.45, 2.75) is 32.3 Å². The summed E-state index contributed by atoms with van der Waals surface area (Å²) in [5.74, 6) is 0. The number of hydrogen-bond acceptors (Lipinski definition) is 10. The summed E-state index contributed by atoms with van der Waals surface area (Å²) in [7, 11) is -3.50. The van der Waals surface area contributed by atoms with E-state index < -0.39 is 24.5 Å². The second kappa shape index (κ2) is 10.5. The lowest BCUT2D eigenvalue weighted by molar-refractivity contribution is -0.527. The van der Waals surface area contributed by atoms with Crippen LogP contribution in [0.5, 0.6) is 0 Å². The van der Waals surface area contributed by atoms with Gasteiger partial charge in [-0.2, -0.15) is 0 Å². The Morgan fingerprint density at radius 3 is 2.30 bits per heavy atom. The van der Waals surface area contributed by atoms with Crippen molar-refractivity contribution in [2.75, 3.05) is 19.4 Å². The van der Waals surface area contributed by atoms with Crippen molar-refractivity contribution in [3.8, 4) is 0 Å². The predicted octanol–water partition coefficient (Wildman–Crippen LogP) is 0.771. The van der Waals surface area contributed by atoms with E-state index in [4.69, 9.17) is 30.2 Å². The van der Waals surface area contributed by atoms with Crippen LogP contribution in [0.15, 0.2) is 0 Å². The molecule has 2 atom stereocenters. The van der Waals surface area contributed by atoms with Crippen molar-refractivity contribution in [1.29, 1.82) is 0 Å². The fraction of sp³-hybridized carbons (Fsp3) is 1.00. The van der Waals surface area contributed by atoms with Crippen LogP contribution in [0.4, 0.5) is 0 Å². The molecule has 0 aliphatic heterocycles. The van der Waals surface area contributed by atoms with Gasteiger partial charge in [0.15, 0.2) is 0 Å². The van der Waals surface area contributed by atoms with Gasteiger partial charge in [0, 0.05) is 6.16 Å². The van der Waals surface area contributed by atoms with Gasteiger partial charge in [-0.3, -0.25) is 25.4 Å². The summed E-state index contributed by atoms with van der Waals surface area (Å²) in [6.45, 7) is 1.26. The van der Waals surface area contributed by atoms with E-state index in [1.165, 1.54) is 6.92 Å². The molecule has 11 nitrogen and oxygen atoms in total. The summed E-state index contributed by atoms with van der Waals surface area (Å²) in [5, 5.41) is 32.7. The summed E-state index contributed by atoms with van der Waals surface area (Å²) in [4.78, 5) is 17.9. The summed E-state index contributed by atoms with van der Waals surface area (Å²) in [6, 6.07) is 0. The van der Waals surface area contributed by atoms with Crippen LogP contribution in [0.3, 0.4) is 0 Å². The third kappa shape index (κ3) is 11.6. The lowest BCUT2D eigenvalue weighted by atomic mass is 10.2. The average molecular weight is 320 g/mol. The van der Waals surface area contributed by atoms with Crippen LogP contribution in [0, 0.1) is 0 Å². The Balaban J connectivity index is 3.86. The zero-order chi connectivity index (χ0) is 15.6. The van der Waals surface area contributed by atoms with Crippen LogP contribution in [0.1, 0.15) is 26.2 Å². The largest absolute Gasteiger partial charge is 0.327 e. The molecule has 0 aliphatic carbocycles. The van der Waals surface area contributed by atoms with E-state index in [0.29, 0.717) is 12.8 Å². The molecule has 0 aromatic carbocycles. The molecule has 20 heavy (non-hydrogen) atoms. The van der Waals surface area contributed by atoms with Crippen molar-refractivity contribution in [3.05, 3.63) is 0 Å². The Hall–Kier alpha value is -0.170. The molecule has 0 amide bonds. The standard InChI is InChI=1S/C8H21N2O9P/c1-2-20(15,16)18-6-4-3-5-8(19-10(13)14)7-17-9(11)12/h8,11-14H,2-7H2,1H3,(H,15,16)/t8-/m0/s1. The highest BCUT2D eigenvalue weighted by Gasteiger charge is 2.17. The molecular weight excluding hydrogens is 299 g/mol. The second-order valence-electron chi connectivity index (χ2n) is 3.81. The Kier molecular flexibility index (Phi) is 10.5. The van der Waals surface area contributed by atoms with Crippen LogP contribution in [0.25, 0.3) is 0 Å². The average Bonchev–Trinajstić information content (AvgIpc) is 2.34.